The molecule has 1 atom stereocenters. The molecule has 0 radical (unpaired) electrons. The van der Waals surface area contributed by atoms with E-state index < -0.39 is 22.1 Å². The van der Waals surface area contributed by atoms with E-state index in [1.54, 1.807) is 7.05 Å². The Morgan fingerprint density at radius 2 is 1.79 bits per heavy atom. The number of hydrogen-bond acceptors (Lipinski definition) is 6. The Balaban J connectivity index is 2.12. The second-order valence-electron chi connectivity index (χ2n) is 6.30. The van der Waals surface area contributed by atoms with Crippen molar-refractivity contribution < 1.29 is 27.5 Å². The lowest BCUT2D eigenvalue weighted by molar-refractivity contribution is -0.139. The molecule has 0 spiro atoms. The maximum absolute atomic E-state index is 12.5. The van der Waals surface area contributed by atoms with E-state index in [4.69, 9.17) is 9.47 Å². The number of rotatable bonds is 8. The number of nitrogens with zero attached hydrogens (tertiary/aromatic N) is 1. The minimum absolute atomic E-state index is 0.00927. The van der Waals surface area contributed by atoms with Crippen molar-refractivity contribution in [1.82, 2.24) is 9.62 Å². The van der Waals surface area contributed by atoms with Crippen molar-refractivity contribution in [1.29, 1.82) is 0 Å². The van der Waals surface area contributed by atoms with Gasteiger partial charge < -0.3 is 14.4 Å². The van der Waals surface area contributed by atoms with E-state index in [0.29, 0.717) is 6.54 Å². The van der Waals surface area contributed by atoms with Gasteiger partial charge in [-0.05, 0) is 37.7 Å². The van der Waals surface area contributed by atoms with Gasteiger partial charge in [0, 0.05) is 13.6 Å². The lowest BCUT2D eigenvalue weighted by atomic mass is 10.2. The van der Waals surface area contributed by atoms with Crippen LogP contribution in [0, 0.1) is 0 Å². The smallest absolute Gasteiger partial charge is 0.338 e. The van der Waals surface area contributed by atoms with Gasteiger partial charge in [0.25, 0.3) is 5.91 Å². The Kier molecular flexibility index (Phi) is 7.35. The Morgan fingerprint density at radius 1 is 1.14 bits per heavy atom. The molecule has 1 amide bonds. The number of sulfonamides is 1. The highest BCUT2D eigenvalue weighted by atomic mass is 32.2. The van der Waals surface area contributed by atoms with Crippen molar-refractivity contribution in [3.63, 3.8) is 0 Å². The number of amides is 1. The molecule has 0 unspecified atom stereocenters. The third-order valence-electron chi connectivity index (χ3n) is 4.23. The fourth-order valence-electron chi connectivity index (χ4n) is 2.65. The van der Waals surface area contributed by atoms with E-state index in [1.807, 2.05) is 30.3 Å². The van der Waals surface area contributed by atoms with Crippen molar-refractivity contribution in [2.75, 3.05) is 21.2 Å². The fourth-order valence-corrected chi connectivity index (χ4v) is 3.57. The number of nitrogens with one attached hydrogen (secondary N) is 1. The molecule has 0 heterocycles. The standard InChI is InChI=1S/C20H24N2O6S/c1-14(19(23)22(3)13-15-8-6-5-7-9-15)28-20(24)16-10-11-17(27-4)18(12-16)29(25,26)21-2/h5-12,14,21H,13H2,1-4H3/t14-/m1/s1. The van der Waals surface area contributed by atoms with Crippen LogP contribution in [-0.4, -0.2) is 52.5 Å². The van der Waals surface area contributed by atoms with E-state index >= 15 is 0 Å². The first-order valence-electron chi connectivity index (χ1n) is 8.81. The number of ether oxygens (including phenoxy) is 2. The molecule has 29 heavy (non-hydrogen) atoms. The summed E-state index contributed by atoms with van der Waals surface area (Å²) in [7, 11) is 0.346. The Bertz CT molecular complexity index is 976. The number of likely N-dealkylation sites (N-methyl/N-ethyl adjacent to an activating group) is 1. The first-order valence-corrected chi connectivity index (χ1v) is 10.3. The van der Waals surface area contributed by atoms with Crippen LogP contribution in [0.1, 0.15) is 22.8 Å². The molecule has 156 valence electrons. The number of esters is 1. The third kappa shape index (κ3) is 5.55. The van der Waals surface area contributed by atoms with Crippen molar-refractivity contribution in [2.45, 2.75) is 24.5 Å². The summed E-state index contributed by atoms with van der Waals surface area (Å²) in [5.41, 5.74) is 0.934. The van der Waals surface area contributed by atoms with Crippen molar-refractivity contribution >= 4 is 21.9 Å². The molecule has 0 aromatic heterocycles. The van der Waals surface area contributed by atoms with Gasteiger partial charge in [-0.15, -0.1) is 0 Å². The molecule has 2 aromatic rings. The summed E-state index contributed by atoms with van der Waals surface area (Å²) in [6.07, 6.45) is -1.04. The molecule has 0 fully saturated rings. The molecule has 2 rings (SSSR count). The van der Waals surface area contributed by atoms with E-state index in [9.17, 15) is 18.0 Å². The van der Waals surface area contributed by atoms with Gasteiger partial charge in [0.1, 0.15) is 10.6 Å². The molecule has 9 heteroatoms. The summed E-state index contributed by atoms with van der Waals surface area (Å²) in [4.78, 5) is 26.2. The van der Waals surface area contributed by atoms with Crippen LogP contribution in [0.15, 0.2) is 53.4 Å². The normalized spacial score (nSPS) is 12.1. The summed E-state index contributed by atoms with van der Waals surface area (Å²) < 4.78 is 36.8. The monoisotopic (exact) mass is 420 g/mol. The van der Waals surface area contributed by atoms with Crippen molar-refractivity contribution in [2.24, 2.45) is 0 Å². The minimum Gasteiger partial charge on any atom is -0.495 e. The predicted molar refractivity (Wildman–Crippen MR) is 107 cm³/mol. The van der Waals surface area contributed by atoms with Gasteiger partial charge in [0.2, 0.25) is 10.0 Å². The fraction of sp³-hybridized carbons (Fsp3) is 0.300. The van der Waals surface area contributed by atoms with Gasteiger partial charge in [-0.3, -0.25) is 4.79 Å². The molecule has 8 nitrogen and oxygen atoms in total. The highest BCUT2D eigenvalue weighted by Gasteiger charge is 2.25. The number of hydrogen-bond donors (Lipinski definition) is 1. The summed E-state index contributed by atoms with van der Waals surface area (Å²) in [5, 5.41) is 0. The van der Waals surface area contributed by atoms with E-state index in [0.717, 1.165) is 11.6 Å². The first-order chi connectivity index (χ1) is 13.7. The van der Waals surface area contributed by atoms with Gasteiger partial charge in [-0.2, -0.15) is 0 Å². The van der Waals surface area contributed by atoms with Crippen LogP contribution in [0.3, 0.4) is 0 Å². The Hall–Kier alpha value is -2.91. The molecular weight excluding hydrogens is 396 g/mol. The first kappa shape index (κ1) is 22.4. The van der Waals surface area contributed by atoms with E-state index in [1.165, 1.54) is 38.1 Å². The maximum atomic E-state index is 12.5. The molecule has 0 saturated heterocycles. The topological polar surface area (TPSA) is 102 Å². The molecule has 1 N–H and O–H groups in total. The van der Waals surface area contributed by atoms with Crippen LogP contribution in [-0.2, 0) is 26.1 Å². The maximum Gasteiger partial charge on any atom is 0.338 e. The summed E-state index contributed by atoms with van der Waals surface area (Å²) in [6, 6.07) is 13.3. The molecular formula is C20H24N2O6S. The highest BCUT2D eigenvalue weighted by molar-refractivity contribution is 7.89. The van der Waals surface area contributed by atoms with Crippen LogP contribution in [0.25, 0.3) is 0 Å². The second-order valence-corrected chi connectivity index (χ2v) is 8.16. The van der Waals surface area contributed by atoms with Crippen LogP contribution < -0.4 is 9.46 Å². The molecule has 0 bridgehead atoms. The Labute approximate surface area is 170 Å². The van der Waals surface area contributed by atoms with Gasteiger partial charge in [0.15, 0.2) is 6.10 Å². The summed E-state index contributed by atoms with van der Waals surface area (Å²) >= 11 is 0. The second kappa shape index (κ2) is 9.53. The molecule has 2 aromatic carbocycles. The van der Waals surface area contributed by atoms with Crippen LogP contribution in [0.2, 0.25) is 0 Å². The molecule has 0 aliphatic carbocycles. The zero-order valence-electron chi connectivity index (χ0n) is 16.7. The number of carbonyl (C=O) groups is 2. The number of carbonyl (C=O) groups excluding carboxylic acids is 2. The quantitative estimate of drug-likeness (QED) is 0.654. The van der Waals surface area contributed by atoms with Crippen molar-refractivity contribution in [3.8, 4) is 5.75 Å². The minimum atomic E-state index is -3.85. The van der Waals surface area contributed by atoms with E-state index in [2.05, 4.69) is 4.72 Å². The molecule has 0 aliphatic rings. The highest BCUT2D eigenvalue weighted by Crippen LogP contribution is 2.25. The van der Waals surface area contributed by atoms with Crippen molar-refractivity contribution in [3.05, 3.63) is 59.7 Å². The average Bonchev–Trinajstić information content (AvgIpc) is 2.73. The third-order valence-corrected chi connectivity index (χ3v) is 5.66. The zero-order chi connectivity index (χ0) is 21.6. The number of methoxy groups -OCH3 is 1. The van der Waals surface area contributed by atoms with Crippen LogP contribution in [0.4, 0.5) is 0 Å². The zero-order valence-corrected chi connectivity index (χ0v) is 17.5. The van der Waals surface area contributed by atoms with Gasteiger partial charge in [-0.1, -0.05) is 30.3 Å². The predicted octanol–water partition coefficient (Wildman–Crippen LogP) is 1.81. The van der Waals surface area contributed by atoms with Crippen LogP contribution in [0.5, 0.6) is 5.75 Å². The van der Waals surface area contributed by atoms with Crippen LogP contribution >= 0.6 is 0 Å². The summed E-state index contributed by atoms with van der Waals surface area (Å²) in [5.74, 6) is -1.10. The lowest BCUT2D eigenvalue weighted by Gasteiger charge is -2.21. The number of benzene rings is 2. The average molecular weight is 420 g/mol. The SMILES string of the molecule is CNS(=O)(=O)c1cc(C(=O)O[C@H](C)C(=O)N(C)Cc2ccccc2)ccc1OC. The molecule has 0 saturated carbocycles. The summed E-state index contributed by atoms with van der Waals surface area (Å²) in [6.45, 7) is 1.84. The van der Waals surface area contributed by atoms with Gasteiger partial charge >= 0.3 is 5.97 Å². The molecule has 0 aliphatic heterocycles. The van der Waals surface area contributed by atoms with Gasteiger partial charge in [-0.25, -0.2) is 17.9 Å². The van der Waals surface area contributed by atoms with E-state index in [-0.39, 0.29) is 22.1 Å². The lowest BCUT2D eigenvalue weighted by Crippen LogP contribution is -2.37. The Morgan fingerprint density at radius 3 is 2.38 bits per heavy atom. The largest absolute Gasteiger partial charge is 0.495 e. The van der Waals surface area contributed by atoms with Gasteiger partial charge in [0.05, 0.1) is 12.7 Å².